The molecule has 0 fully saturated rings. The molecule has 1 unspecified atom stereocenters. The first-order valence-electron chi connectivity index (χ1n) is 6.32. The monoisotopic (exact) mass is 243 g/mol. The molecule has 18 heavy (non-hydrogen) atoms. The average Bonchev–Trinajstić information content (AvgIpc) is 2.71. The number of hydrogen-bond donors (Lipinski definition) is 1. The van der Waals surface area contributed by atoms with Crippen LogP contribution in [0.3, 0.4) is 0 Å². The van der Waals surface area contributed by atoms with Gasteiger partial charge in [-0.3, -0.25) is 4.68 Å². The Morgan fingerprint density at radius 1 is 1.22 bits per heavy atom. The fourth-order valence-corrected chi connectivity index (χ4v) is 2.40. The van der Waals surface area contributed by atoms with Crippen LogP contribution in [0.15, 0.2) is 30.5 Å². The zero-order chi connectivity index (χ0) is 13.1. The average molecular weight is 243 g/mol. The summed E-state index contributed by atoms with van der Waals surface area (Å²) >= 11 is 0. The summed E-state index contributed by atoms with van der Waals surface area (Å²) < 4.78 is 1.85. The summed E-state index contributed by atoms with van der Waals surface area (Å²) in [7, 11) is 3.94. The molecule has 0 aliphatic rings. The van der Waals surface area contributed by atoms with Gasteiger partial charge in [-0.2, -0.15) is 5.10 Å². The quantitative estimate of drug-likeness (QED) is 0.894. The molecule has 0 bridgehead atoms. The van der Waals surface area contributed by atoms with Gasteiger partial charge in [0.1, 0.15) is 0 Å². The molecule has 0 saturated heterocycles. The van der Waals surface area contributed by atoms with Gasteiger partial charge in [-0.15, -0.1) is 0 Å². The minimum absolute atomic E-state index is 0.271. The molecule has 0 aliphatic heterocycles. The van der Waals surface area contributed by atoms with Gasteiger partial charge in [0.2, 0.25) is 0 Å². The predicted molar refractivity (Wildman–Crippen MR) is 74.6 cm³/mol. The van der Waals surface area contributed by atoms with Crippen molar-refractivity contribution in [3.63, 3.8) is 0 Å². The van der Waals surface area contributed by atoms with Crippen molar-refractivity contribution in [1.29, 1.82) is 0 Å². The molecule has 0 saturated carbocycles. The summed E-state index contributed by atoms with van der Waals surface area (Å²) in [6.45, 7) is 4.29. The van der Waals surface area contributed by atoms with Gasteiger partial charge < -0.3 is 5.32 Å². The van der Waals surface area contributed by atoms with Crippen molar-refractivity contribution in [3.8, 4) is 0 Å². The van der Waals surface area contributed by atoms with Crippen molar-refractivity contribution in [2.24, 2.45) is 7.05 Å². The highest BCUT2D eigenvalue weighted by atomic mass is 15.3. The van der Waals surface area contributed by atoms with E-state index in [1.165, 1.54) is 16.7 Å². The van der Waals surface area contributed by atoms with Gasteiger partial charge in [0.15, 0.2) is 0 Å². The maximum atomic E-state index is 4.48. The largest absolute Gasteiger partial charge is 0.311 e. The fraction of sp³-hybridized carbons (Fsp3) is 0.400. The minimum Gasteiger partial charge on any atom is -0.311 e. The maximum Gasteiger partial charge on any atom is 0.0797 e. The molecular formula is C15H21N3. The van der Waals surface area contributed by atoms with Gasteiger partial charge in [-0.05, 0) is 38.9 Å². The second-order valence-corrected chi connectivity index (χ2v) is 4.96. The predicted octanol–water partition coefficient (Wildman–Crippen LogP) is 2.54. The number of aromatic nitrogens is 2. The molecule has 1 heterocycles. The molecule has 0 amide bonds. The molecule has 1 atom stereocenters. The van der Waals surface area contributed by atoms with Crippen molar-refractivity contribution in [2.75, 3.05) is 7.05 Å². The van der Waals surface area contributed by atoms with Gasteiger partial charge in [0, 0.05) is 13.2 Å². The second-order valence-electron chi connectivity index (χ2n) is 4.96. The highest BCUT2D eigenvalue weighted by Crippen LogP contribution is 2.18. The molecule has 3 nitrogen and oxygen atoms in total. The van der Waals surface area contributed by atoms with E-state index in [0.29, 0.717) is 0 Å². The Labute approximate surface area is 109 Å². The Bertz CT molecular complexity index is 508. The van der Waals surface area contributed by atoms with Gasteiger partial charge in [-0.25, -0.2) is 0 Å². The van der Waals surface area contributed by atoms with E-state index in [2.05, 4.69) is 48.5 Å². The van der Waals surface area contributed by atoms with E-state index in [9.17, 15) is 0 Å². The first-order valence-corrected chi connectivity index (χ1v) is 6.32. The van der Waals surface area contributed by atoms with E-state index in [1.807, 2.05) is 25.0 Å². The van der Waals surface area contributed by atoms with Gasteiger partial charge in [-0.1, -0.05) is 29.3 Å². The number of likely N-dealkylation sites (N-methyl/N-ethyl adjacent to an activating group) is 1. The standard InChI is InChI=1S/C15H21N3/c1-11-7-12(2)9-13(8-11)10-15(16-3)14-5-6-18(4)17-14/h5-9,15-16H,10H2,1-4H3. The lowest BCUT2D eigenvalue weighted by atomic mass is 10.00. The van der Waals surface area contributed by atoms with Crippen molar-refractivity contribution >= 4 is 0 Å². The Hall–Kier alpha value is -1.61. The topological polar surface area (TPSA) is 29.9 Å². The van der Waals surface area contributed by atoms with E-state index in [4.69, 9.17) is 0 Å². The third-order valence-corrected chi connectivity index (χ3v) is 3.16. The summed E-state index contributed by atoms with van der Waals surface area (Å²) in [6.07, 6.45) is 2.96. The summed E-state index contributed by atoms with van der Waals surface area (Å²) in [5.41, 5.74) is 5.10. The Balaban J connectivity index is 2.20. The Morgan fingerprint density at radius 2 is 1.89 bits per heavy atom. The van der Waals surface area contributed by atoms with Crippen molar-refractivity contribution in [3.05, 3.63) is 52.8 Å². The fourth-order valence-electron chi connectivity index (χ4n) is 2.40. The lowest BCUT2D eigenvalue weighted by molar-refractivity contribution is 0.562. The van der Waals surface area contributed by atoms with Crippen molar-refractivity contribution in [2.45, 2.75) is 26.3 Å². The third-order valence-electron chi connectivity index (χ3n) is 3.16. The first-order chi connectivity index (χ1) is 8.58. The summed E-state index contributed by atoms with van der Waals surface area (Å²) in [5.74, 6) is 0. The molecule has 96 valence electrons. The Morgan fingerprint density at radius 3 is 2.39 bits per heavy atom. The van der Waals surface area contributed by atoms with E-state index in [0.717, 1.165) is 12.1 Å². The molecule has 0 radical (unpaired) electrons. The number of nitrogens with one attached hydrogen (secondary N) is 1. The van der Waals surface area contributed by atoms with Crippen LogP contribution in [0.2, 0.25) is 0 Å². The number of rotatable bonds is 4. The third kappa shape index (κ3) is 2.99. The van der Waals surface area contributed by atoms with Gasteiger partial charge >= 0.3 is 0 Å². The minimum atomic E-state index is 0.271. The highest BCUT2D eigenvalue weighted by Gasteiger charge is 2.13. The van der Waals surface area contributed by atoms with Crippen LogP contribution in [0.4, 0.5) is 0 Å². The molecule has 2 rings (SSSR count). The number of hydrogen-bond acceptors (Lipinski definition) is 2. The van der Waals surface area contributed by atoms with Crippen LogP contribution in [-0.2, 0) is 13.5 Å². The van der Waals surface area contributed by atoms with Crippen LogP contribution in [0.25, 0.3) is 0 Å². The van der Waals surface area contributed by atoms with Crippen LogP contribution < -0.4 is 5.32 Å². The van der Waals surface area contributed by atoms with Gasteiger partial charge in [0.25, 0.3) is 0 Å². The van der Waals surface area contributed by atoms with Crippen LogP contribution in [-0.4, -0.2) is 16.8 Å². The SMILES string of the molecule is CNC(Cc1cc(C)cc(C)c1)c1ccn(C)n1. The van der Waals surface area contributed by atoms with Crippen LogP contribution in [0.1, 0.15) is 28.4 Å². The first kappa shape index (κ1) is 12.8. The zero-order valence-corrected chi connectivity index (χ0v) is 11.6. The summed E-state index contributed by atoms with van der Waals surface area (Å²) in [6, 6.07) is 9.05. The lowest BCUT2D eigenvalue weighted by Gasteiger charge is -2.14. The summed E-state index contributed by atoms with van der Waals surface area (Å²) in [4.78, 5) is 0. The van der Waals surface area contributed by atoms with Crippen molar-refractivity contribution < 1.29 is 0 Å². The highest BCUT2D eigenvalue weighted by molar-refractivity contribution is 5.29. The maximum absolute atomic E-state index is 4.48. The number of aryl methyl sites for hydroxylation is 3. The Kier molecular flexibility index (Phi) is 3.82. The molecule has 3 heteroatoms. The van der Waals surface area contributed by atoms with Crippen LogP contribution >= 0.6 is 0 Å². The number of benzene rings is 1. The molecule has 1 aromatic heterocycles. The van der Waals surface area contributed by atoms with Crippen LogP contribution in [0, 0.1) is 13.8 Å². The van der Waals surface area contributed by atoms with E-state index in [1.54, 1.807) is 0 Å². The van der Waals surface area contributed by atoms with Gasteiger partial charge in [0.05, 0.1) is 11.7 Å². The number of nitrogens with zero attached hydrogens (tertiary/aromatic N) is 2. The zero-order valence-electron chi connectivity index (χ0n) is 11.6. The molecule has 1 aromatic carbocycles. The molecule has 0 aliphatic carbocycles. The van der Waals surface area contributed by atoms with E-state index < -0.39 is 0 Å². The van der Waals surface area contributed by atoms with Crippen molar-refractivity contribution in [1.82, 2.24) is 15.1 Å². The molecule has 1 N–H and O–H groups in total. The lowest BCUT2D eigenvalue weighted by Crippen LogP contribution is -2.19. The second kappa shape index (κ2) is 5.36. The molecular weight excluding hydrogens is 222 g/mol. The van der Waals surface area contributed by atoms with E-state index >= 15 is 0 Å². The molecule has 0 spiro atoms. The smallest absolute Gasteiger partial charge is 0.0797 e. The summed E-state index contributed by atoms with van der Waals surface area (Å²) in [5, 5.41) is 7.82. The van der Waals surface area contributed by atoms with Crippen LogP contribution in [0.5, 0.6) is 0 Å². The van der Waals surface area contributed by atoms with E-state index in [-0.39, 0.29) is 6.04 Å². The molecule has 2 aromatic rings. The normalized spacial score (nSPS) is 12.7.